The molecular formula is C12H15FO. The zero-order chi connectivity index (χ0) is 10.2. The third kappa shape index (κ3) is 3.60. The Morgan fingerprint density at radius 3 is 2.79 bits per heavy atom. The fraction of sp³-hybridized carbons (Fsp3) is 0.333. The lowest BCUT2D eigenvalue weighted by Gasteiger charge is -2.05. The first-order valence-corrected chi connectivity index (χ1v) is 4.83. The second-order valence-electron chi connectivity index (χ2n) is 3.06. The Kier molecular flexibility index (Phi) is 4.76. The molecule has 0 fully saturated rings. The lowest BCUT2D eigenvalue weighted by molar-refractivity contribution is 0.292. The van der Waals surface area contributed by atoms with Gasteiger partial charge in [0.2, 0.25) is 0 Å². The zero-order valence-electron chi connectivity index (χ0n) is 8.21. The van der Waals surface area contributed by atoms with Crippen LogP contribution >= 0.6 is 0 Å². The van der Waals surface area contributed by atoms with Crippen molar-refractivity contribution in [3.05, 3.63) is 42.7 Å². The minimum atomic E-state index is -0.295. The summed E-state index contributed by atoms with van der Waals surface area (Å²) in [5.74, 6) is 0.0438. The van der Waals surface area contributed by atoms with Gasteiger partial charge in [0.05, 0.1) is 6.61 Å². The topological polar surface area (TPSA) is 9.23 Å². The Morgan fingerprint density at radius 1 is 1.29 bits per heavy atom. The maximum absolute atomic E-state index is 13.0. The van der Waals surface area contributed by atoms with E-state index in [-0.39, 0.29) is 5.82 Å². The summed E-state index contributed by atoms with van der Waals surface area (Å²) in [6.07, 6.45) is 4.84. The number of ether oxygens (including phenoxy) is 1. The second kappa shape index (κ2) is 6.19. The molecular weight excluding hydrogens is 179 g/mol. The molecule has 14 heavy (non-hydrogen) atoms. The molecule has 0 saturated carbocycles. The fourth-order valence-corrected chi connectivity index (χ4v) is 1.13. The first-order chi connectivity index (χ1) is 6.84. The van der Waals surface area contributed by atoms with Crippen LogP contribution in [0, 0.1) is 5.82 Å². The molecule has 0 bridgehead atoms. The Labute approximate surface area is 84.2 Å². The number of benzene rings is 1. The smallest absolute Gasteiger partial charge is 0.165 e. The van der Waals surface area contributed by atoms with Gasteiger partial charge in [0.1, 0.15) is 0 Å². The van der Waals surface area contributed by atoms with Gasteiger partial charge in [-0.1, -0.05) is 18.2 Å². The molecule has 0 aliphatic rings. The highest BCUT2D eigenvalue weighted by molar-refractivity contribution is 5.23. The van der Waals surface area contributed by atoms with Crippen LogP contribution in [0.3, 0.4) is 0 Å². The summed E-state index contributed by atoms with van der Waals surface area (Å²) < 4.78 is 18.3. The largest absolute Gasteiger partial charge is 0.491 e. The van der Waals surface area contributed by atoms with Crippen molar-refractivity contribution in [2.24, 2.45) is 0 Å². The van der Waals surface area contributed by atoms with Crippen LogP contribution in [0.2, 0.25) is 0 Å². The van der Waals surface area contributed by atoms with Crippen LogP contribution in [0.25, 0.3) is 0 Å². The first kappa shape index (κ1) is 10.8. The van der Waals surface area contributed by atoms with Crippen molar-refractivity contribution in [1.29, 1.82) is 0 Å². The highest BCUT2D eigenvalue weighted by Gasteiger charge is 1.99. The highest BCUT2D eigenvalue weighted by Crippen LogP contribution is 2.15. The molecule has 0 radical (unpaired) electrons. The quantitative estimate of drug-likeness (QED) is 0.497. The first-order valence-electron chi connectivity index (χ1n) is 4.83. The molecule has 0 amide bonds. The van der Waals surface area contributed by atoms with Crippen molar-refractivity contribution in [1.82, 2.24) is 0 Å². The van der Waals surface area contributed by atoms with Gasteiger partial charge < -0.3 is 4.74 Å². The molecule has 1 nitrogen and oxygen atoms in total. The summed E-state index contributed by atoms with van der Waals surface area (Å²) in [6.45, 7) is 4.19. The number of allylic oxidation sites excluding steroid dienone is 1. The molecule has 1 rings (SSSR count). The van der Waals surface area contributed by atoms with Gasteiger partial charge in [-0.2, -0.15) is 0 Å². The normalized spacial score (nSPS) is 9.79. The van der Waals surface area contributed by atoms with Crippen LogP contribution in [0.15, 0.2) is 36.9 Å². The van der Waals surface area contributed by atoms with Crippen LogP contribution < -0.4 is 4.74 Å². The molecule has 0 spiro atoms. The fourth-order valence-electron chi connectivity index (χ4n) is 1.13. The van der Waals surface area contributed by atoms with Crippen LogP contribution in [0.4, 0.5) is 4.39 Å². The van der Waals surface area contributed by atoms with E-state index in [2.05, 4.69) is 6.58 Å². The van der Waals surface area contributed by atoms with E-state index in [0.717, 1.165) is 19.3 Å². The molecule has 76 valence electrons. The van der Waals surface area contributed by atoms with Crippen molar-refractivity contribution in [3.8, 4) is 5.75 Å². The maximum atomic E-state index is 13.0. The molecule has 0 unspecified atom stereocenters. The SMILES string of the molecule is C=CCCCCOc1ccccc1F. The predicted octanol–water partition coefficient (Wildman–Crippen LogP) is 3.56. The van der Waals surface area contributed by atoms with Crippen LogP contribution in [-0.2, 0) is 0 Å². The number of para-hydroxylation sites is 1. The molecule has 0 aliphatic carbocycles. The van der Waals surface area contributed by atoms with Crippen molar-refractivity contribution in [3.63, 3.8) is 0 Å². The summed E-state index contributed by atoms with van der Waals surface area (Å²) in [6, 6.07) is 6.46. The van der Waals surface area contributed by atoms with E-state index in [0.29, 0.717) is 12.4 Å². The number of hydrogen-bond acceptors (Lipinski definition) is 1. The molecule has 0 saturated heterocycles. The summed E-state index contributed by atoms with van der Waals surface area (Å²) in [7, 11) is 0. The van der Waals surface area contributed by atoms with Crippen LogP contribution in [0.1, 0.15) is 19.3 Å². The molecule has 0 atom stereocenters. The molecule has 1 aromatic rings. The number of unbranched alkanes of at least 4 members (excludes halogenated alkanes) is 2. The maximum Gasteiger partial charge on any atom is 0.165 e. The number of hydrogen-bond donors (Lipinski definition) is 0. The second-order valence-corrected chi connectivity index (χ2v) is 3.06. The van der Waals surface area contributed by atoms with Crippen molar-refractivity contribution in [2.75, 3.05) is 6.61 Å². The Balaban J connectivity index is 2.24. The third-order valence-electron chi connectivity index (χ3n) is 1.90. The van der Waals surface area contributed by atoms with Gasteiger partial charge in [0.15, 0.2) is 11.6 Å². The Hall–Kier alpha value is -1.31. The van der Waals surface area contributed by atoms with Crippen LogP contribution in [0.5, 0.6) is 5.75 Å². The van der Waals surface area contributed by atoms with Crippen molar-refractivity contribution in [2.45, 2.75) is 19.3 Å². The number of halogens is 1. The van der Waals surface area contributed by atoms with Crippen molar-refractivity contribution < 1.29 is 9.13 Å². The van der Waals surface area contributed by atoms with Gasteiger partial charge in [-0.3, -0.25) is 0 Å². The van der Waals surface area contributed by atoms with E-state index in [1.165, 1.54) is 6.07 Å². The highest BCUT2D eigenvalue weighted by atomic mass is 19.1. The predicted molar refractivity (Wildman–Crippen MR) is 55.9 cm³/mol. The van der Waals surface area contributed by atoms with Gasteiger partial charge in [-0.15, -0.1) is 6.58 Å². The Bertz CT molecular complexity index is 283. The van der Waals surface area contributed by atoms with E-state index in [4.69, 9.17) is 4.74 Å². The minimum absolute atomic E-state index is 0.295. The van der Waals surface area contributed by atoms with E-state index >= 15 is 0 Å². The van der Waals surface area contributed by atoms with Gasteiger partial charge in [0, 0.05) is 0 Å². The average molecular weight is 194 g/mol. The summed E-state index contributed by atoms with van der Waals surface area (Å²) in [5, 5.41) is 0. The molecule has 0 N–H and O–H groups in total. The van der Waals surface area contributed by atoms with Gasteiger partial charge in [-0.25, -0.2) is 4.39 Å². The molecule has 0 aliphatic heterocycles. The zero-order valence-corrected chi connectivity index (χ0v) is 8.21. The van der Waals surface area contributed by atoms with E-state index in [1.807, 2.05) is 6.08 Å². The average Bonchev–Trinajstić information content (AvgIpc) is 2.20. The summed E-state index contributed by atoms with van der Waals surface area (Å²) in [5.41, 5.74) is 0. The van der Waals surface area contributed by atoms with Crippen molar-refractivity contribution >= 4 is 0 Å². The van der Waals surface area contributed by atoms with E-state index in [9.17, 15) is 4.39 Å². The van der Waals surface area contributed by atoms with Gasteiger partial charge in [0.25, 0.3) is 0 Å². The standard InChI is InChI=1S/C12H15FO/c1-2-3-4-7-10-14-12-9-6-5-8-11(12)13/h2,5-6,8-9H,1,3-4,7,10H2. The number of rotatable bonds is 6. The van der Waals surface area contributed by atoms with Crippen LogP contribution in [-0.4, -0.2) is 6.61 Å². The van der Waals surface area contributed by atoms with Gasteiger partial charge in [-0.05, 0) is 31.4 Å². The summed E-state index contributed by atoms with van der Waals surface area (Å²) in [4.78, 5) is 0. The van der Waals surface area contributed by atoms with E-state index < -0.39 is 0 Å². The lowest BCUT2D eigenvalue weighted by Crippen LogP contribution is -1.98. The molecule has 0 aromatic heterocycles. The monoisotopic (exact) mass is 194 g/mol. The van der Waals surface area contributed by atoms with Gasteiger partial charge >= 0.3 is 0 Å². The third-order valence-corrected chi connectivity index (χ3v) is 1.90. The van der Waals surface area contributed by atoms with E-state index in [1.54, 1.807) is 18.2 Å². The Morgan fingerprint density at radius 2 is 2.07 bits per heavy atom. The molecule has 1 aromatic carbocycles. The minimum Gasteiger partial charge on any atom is -0.491 e. The summed E-state index contributed by atoms with van der Waals surface area (Å²) >= 11 is 0. The molecule has 2 heteroatoms. The molecule has 0 heterocycles. The lowest BCUT2D eigenvalue weighted by atomic mass is 10.2.